The molecule has 1 aliphatic heterocycles. The minimum atomic E-state index is -3.71. The third kappa shape index (κ3) is 3.13. The average Bonchev–Trinajstić information content (AvgIpc) is 2.97. The molecule has 0 saturated carbocycles. The number of benzene rings is 1. The maximum atomic E-state index is 12.8. The zero-order valence-corrected chi connectivity index (χ0v) is 14.0. The number of carbonyl (C=O) groups is 1. The van der Waals surface area contributed by atoms with Gasteiger partial charge in [-0.25, -0.2) is 22.5 Å². The topological polar surface area (TPSA) is 87.6 Å². The number of carboxylic acid groups (broad SMARTS) is 1. The zero-order valence-electron chi connectivity index (χ0n) is 12.4. The Morgan fingerprint density at radius 2 is 2.00 bits per heavy atom. The second-order valence-corrected chi connectivity index (χ2v) is 7.50. The number of sulfonamides is 1. The van der Waals surface area contributed by atoms with Crippen molar-refractivity contribution in [3.63, 3.8) is 0 Å². The van der Waals surface area contributed by atoms with Gasteiger partial charge in [-0.05, 0) is 54.0 Å². The van der Waals surface area contributed by atoms with Gasteiger partial charge in [0.05, 0.1) is 4.90 Å². The summed E-state index contributed by atoms with van der Waals surface area (Å²) in [5, 5.41) is 9.12. The number of anilines is 1. The molecule has 124 valence electrons. The van der Waals surface area contributed by atoms with Crippen LogP contribution >= 0.6 is 11.6 Å². The molecule has 1 aromatic heterocycles. The van der Waals surface area contributed by atoms with Crippen LogP contribution in [0, 0.1) is 0 Å². The number of hydrogen-bond acceptors (Lipinski definition) is 4. The minimum Gasteiger partial charge on any atom is -0.478 e. The van der Waals surface area contributed by atoms with Crippen molar-refractivity contribution in [2.24, 2.45) is 0 Å². The Hall–Kier alpha value is -2.38. The SMILES string of the molecule is O=C(O)C=Cc1cnc2c(c1)CCN2S(=O)(=O)c1ccc(Cl)cc1. The molecule has 0 unspecified atom stereocenters. The van der Waals surface area contributed by atoms with Gasteiger partial charge in [-0.1, -0.05) is 11.6 Å². The number of aromatic nitrogens is 1. The first kappa shape index (κ1) is 16.5. The molecule has 1 N–H and O–H groups in total. The largest absolute Gasteiger partial charge is 0.478 e. The van der Waals surface area contributed by atoms with E-state index in [1.54, 1.807) is 6.07 Å². The molecule has 0 radical (unpaired) electrons. The van der Waals surface area contributed by atoms with Gasteiger partial charge in [0.1, 0.15) is 5.82 Å². The van der Waals surface area contributed by atoms with Crippen molar-refractivity contribution < 1.29 is 18.3 Å². The summed E-state index contributed by atoms with van der Waals surface area (Å²) < 4.78 is 26.8. The van der Waals surface area contributed by atoms with Gasteiger partial charge in [0.15, 0.2) is 0 Å². The normalized spacial score (nSPS) is 14.1. The van der Waals surface area contributed by atoms with Gasteiger partial charge in [-0.3, -0.25) is 0 Å². The van der Waals surface area contributed by atoms with Crippen LogP contribution in [0.15, 0.2) is 47.5 Å². The Balaban J connectivity index is 1.94. The fourth-order valence-corrected chi connectivity index (χ4v) is 4.07. The van der Waals surface area contributed by atoms with Crippen LogP contribution in [0.2, 0.25) is 5.02 Å². The molecular formula is C16H13ClN2O4S. The number of rotatable bonds is 4. The quantitative estimate of drug-likeness (QED) is 0.842. The van der Waals surface area contributed by atoms with E-state index in [1.807, 2.05) is 0 Å². The highest BCUT2D eigenvalue weighted by molar-refractivity contribution is 7.92. The second kappa shape index (κ2) is 6.26. The predicted molar refractivity (Wildman–Crippen MR) is 90.6 cm³/mol. The number of hydrogen-bond donors (Lipinski definition) is 1. The van der Waals surface area contributed by atoms with Crippen LogP contribution in [-0.2, 0) is 21.2 Å². The molecule has 0 aliphatic carbocycles. The van der Waals surface area contributed by atoms with Crippen LogP contribution in [0.5, 0.6) is 0 Å². The van der Waals surface area contributed by atoms with Crippen LogP contribution in [0.3, 0.4) is 0 Å². The summed E-state index contributed by atoms with van der Waals surface area (Å²) in [6.07, 6.45) is 4.41. The van der Waals surface area contributed by atoms with Crippen molar-refractivity contribution >= 4 is 39.5 Å². The highest BCUT2D eigenvalue weighted by Gasteiger charge is 2.32. The van der Waals surface area contributed by atoms with Gasteiger partial charge in [-0.2, -0.15) is 0 Å². The molecule has 1 aliphatic rings. The fourth-order valence-electron chi connectivity index (χ4n) is 2.48. The number of halogens is 1. The average molecular weight is 365 g/mol. The lowest BCUT2D eigenvalue weighted by Crippen LogP contribution is -2.29. The van der Waals surface area contributed by atoms with Crippen molar-refractivity contribution in [1.29, 1.82) is 0 Å². The molecule has 0 amide bonds. The van der Waals surface area contributed by atoms with Crippen LogP contribution in [0.25, 0.3) is 6.08 Å². The molecule has 2 aromatic rings. The van der Waals surface area contributed by atoms with E-state index in [4.69, 9.17) is 16.7 Å². The fraction of sp³-hybridized carbons (Fsp3) is 0.125. The minimum absolute atomic E-state index is 0.149. The predicted octanol–water partition coefficient (Wildman–Crippen LogP) is 2.58. The second-order valence-electron chi connectivity index (χ2n) is 5.20. The van der Waals surface area contributed by atoms with Gasteiger partial charge in [0.25, 0.3) is 10.0 Å². The summed E-state index contributed by atoms with van der Waals surface area (Å²) >= 11 is 5.80. The molecule has 0 fully saturated rings. The van der Waals surface area contributed by atoms with Gasteiger partial charge in [-0.15, -0.1) is 0 Å². The highest BCUT2D eigenvalue weighted by atomic mass is 35.5. The van der Waals surface area contributed by atoms with Crippen molar-refractivity contribution in [2.45, 2.75) is 11.3 Å². The van der Waals surface area contributed by atoms with E-state index < -0.39 is 16.0 Å². The first-order valence-electron chi connectivity index (χ1n) is 7.06. The molecule has 6 nitrogen and oxygen atoms in total. The lowest BCUT2D eigenvalue weighted by molar-refractivity contribution is -0.131. The first-order chi connectivity index (χ1) is 11.4. The van der Waals surface area contributed by atoms with E-state index in [-0.39, 0.29) is 4.90 Å². The Morgan fingerprint density at radius 1 is 1.29 bits per heavy atom. The first-order valence-corrected chi connectivity index (χ1v) is 8.88. The van der Waals surface area contributed by atoms with E-state index in [1.165, 1.54) is 40.8 Å². The van der Waals surface area contributed by atoms with E-state index >= 15 is 0 Å². The van der Waals surface area contributed by atoms with Gasteiger partial charge in [0.2, 0.25) is 0 Å². The molecule has 24 heavy (non-hydrogen) atoms. The van der Waals surface area contributed by atoms with Crippen LogP contribution in [-0.4, -0.2) is 31.0 Å². The number of fused-ring (bicyclic) bond motifs is 1. The molecule has 1 aromatic carbocycles. The third-order valence-electron chi connectivity index (χ3n) is 3.60. The lowest BCUT2D eigenvalue weighted by Gasteiger charge is -2.18. The molecular weight excluding hydrogens is 352 g/mol. The molecule has 3 rings (SSSR count). The van der Waals surface area contributed by atoms with Crippen molar-refractivity contribution in [3.8, 4) is 0 Å². The molecule has 0 atom stereocenters. The summed E-state index contributed by atoms with van der Waals surface area (Å²) in [6.45, 7) is 0.291. The summed E-state index contributed by atoms with van der Waals surface area (Å²) in [4.78, 5) is 14.9. The van der Waals surface area contributed by atoms with Crippen molar-refractivity contribution in [2.75, 3.05) is 10.8 Å². The maximum Gasteiger partial charge on any atom is 0.328 e. The molecule has 2 heterocycles. The number of aliphatic carboxylic acids is 1. The summed E-state index contributed by atoms with van der Waals surface area (Å²) in [7, 11) is -3.71. The van der Waals surface area contributed by atoms with E-state index in [0.29, 0.717) is 29.4 Å². The summed E-state index contributed by atoms with van der Waals surface area (Å²) in [5.74, 6) is -0.681. The van der Waals surface area contributed by atoms with Gasteiger partial charge in [0, 0.05) is 23.8 Å². The highest BCUT2D eigenvalue weighted by Crippen LogP contribution is 2.32. The summed E-state index contributed by atoms with van der Waals surface area (Å²) in [6, 6.07) is 7.72. The maximum absolute atomic E-state index is 12.8. The van der Waals surface area contributed by atoms with Crippen LogP contribution < -0.4 is 4.31 Å². The Kier molecular flexibility index (Phi) is 4.29. The monoisotopic (exact) mass is 364 g/mol. The zero-order chi connectivity index (χ0) is 17.3. The number of nitrogens with zero attached hydrogens (tertiary/aromatic N) is 2. The Labute approximate surface area is 144 Å². The molecule has 0 spiro atoms. The van der Waals surface area contributed by atoms with Crippen LogP contribution in [0.1, 0.15) is 11.1 Å². The van der Waals surface area contributed by atoms with E-state index in [2.05, 4.69) is 4.98 Å². The van der Waals surface area contributed by atoms with E-state index in [9.17, 15) is 13.2 Å². The smallest absolute Gasteiger partial charge is 0.328 e. The van der Waals surface area contributed by atoms with E-state index in [0.717, 1.165) is 11.6 Å². The van der Waals surface area contributed by atoms with Gasteiger partial charge >= 0.3 is 5.97 Å². The molecule has 8 heteroatoms. The third-order valence-corrected chi connectivity index (χ3v) is 5.66. The Bertz CT molecular complexity index is 924. The van der Waals surface area contributed by atoms with Gasteiger partial charge < -0.3 is 5.11 Å². The van der Waals surface area contributed by atoms with Crippen LogP contribution in [0.4, 0.5) is 5.82 Å². The van der Waals surface area contributed by atoms with Crippen molar-refractivity contribution in [3.05, 3.63) is 58.8 Å². The lowest BCUT2D eigenvalue weighted by atomic mass is 10.1. The molecule has 0 bridgehead atoms. The number of carboxylic acids is 1. The Morgan fingerprint density at radius 3 is 2.67 bits per heavy atom. The summed E-state index contributed by atoms with van der Waals surface area (Å²) in [5.41, 5.74) is 1.38. The standard InChI is InChI=1S/C16H13ClN2O4S/c17-13-2-4-14(5-3-13)24(22,23)19-8-7-12-9-11(1-6-15(20)21)10-18-16(12)19/h1-6,9-10H,7-8H2,(H,20,21). The van der Waals surface area contributed by atoms with Crippen molar-refractivity contribution in [1.82, 2.24) is 4.98 Å². The number of pyridine rings is 1. The molecule has 0 saturated heterocycles.